The zero-order valence-corrected chi connectivity index (χ0v) is 5.65. The van der Waals surface area contributed by atoms with Crippen molar-refractivity contribution in [3.63, 3.8) is 0 Å². The quantitative estimate of drug-likeness (QED) is 0.599. The summed E-state index contributed by atoms with van der Waals surface area (Å²) in [6.07, 6.45) is 1.91. The molecule has 1 aromatic heterocycles. The van der Waals surface area contributed by atoms with E-state index >= 15 is 0 Å². The number of nitrogens with zero attached hydrogens (tertiary/aromatic N) is 1. The maximum absolute atomic E-state index is 10.2. The first-order valence-electron chi connectivity index (χ1n) is 2.87. The maximum Gasteiger partial charge on any atom is 0.410 e. The molecule has 0 spiro atoms. The van der Waals surface area contributed by atoms with Gasteiger partial charge in [0, 0.05) is 6.20 Å². The summed E-state index contributed by atoms with van der Waals surface area (Å²) in [5.41, 5.74) is 10.5. The van der Waals surface area contributed by atoms with E-state index in [1.54, 1.807) is 0 Å². The molecule has 4 N–H and O–H groups in total. The molecular weight excluding hydrogens is 146 g/mol. The fourth-order valence-corrected chi connectivity index (χ4v) is 0.584. The van der Waals surface area contributed by atoms with Crippen LogP contribution in [0.15, 0.2) is 18.5 Å². The Morgan fingerprint density at radius 1 is 1.64 bits per heavy atom. The van der Waals surface area contributed by atoms with E-state index in [1.165, 1.54) is 18.5 Å². The number of aromatic nitrogens is 1. The highest BCUT2D eigenvalue weighted by atomic mass is 16.5. The molecule has 0 saturated carbocycles. The minimum atomic E-state index is -0.898. The fraction of sp³-hybridized carbons (Fsp3) is 0. The van der Waals surface area contributed by atoms with Gasteiger partial charge in [0.2, 0.25) is 0 Å². The second-order valence-electron chi connectivity index (χ2n) is 1.83. The Labute approximate surface area is 63.0 Å². The van der Waals surface area contributed by atoms with Gasteiger partial charge in [-0.3, -0.25) is 4.98 Å². The molecular formula is C6H7N3O2. The SMILES string of the molecule is NC(=O)Oc1cnccc1N. The van der Waals surface area contributed by atoms with Crippen molar-refractivity contribution in [2.24, 2.45) is 5.73 Å². The van der Waals surface area contributed by atoms with Crippen LogP contribution in [-0.4, -0.2) is 11.1 Å². The molecule has 5 heteroatoms. The lowest BCUT2D eigenvalue weighted by Gasteiger charge is -2.01. The van der Waals surface area contributed by atoms with Crippen molar-refractivity contribution in [3.05, 3.63) is 18.5 Å². The van der Waals surface area contributed by atoms with Crippen LogP contribution in [0.25, 0.3) is 0 Å². The van der Waals surface area contributed by atoms with E-state index in [1.807, 2.05) is 0 Å². The van der Waals surface area contributed by atoms with Gasteiger partial charge in [0.05, 0.1) is 11.9 Å². The largest absolute Gasteiger partial charge is 0.410 e. The van der Waals surface area contributed by atoms with Gasteiger partial charge in [-0.25, -0.2) is 4.79 Å². The molecule has 0 aromatic carbocycles. The van der Waals surface area contributed by atoms with E-state index in [0.29, 0.717) is 5.69 Å². The minimum absolute atomic E-state index is 0.181. The van der Waals surface area contributed by atoms with E-state index < -0.39 is 6.09 Å². The van der Waals surface area contributed by atoms with Crippen LogP contribution in [0.2, 0.25) is 0 Å². The van der Waals surface area contributed by atoms with Crippen LogP contribution in [0.5, 0.6) is 5.75 Å². The molecule has 58 valence electrons. The van der Waals surface area contributed by atoms with Gasteiger partial charge >= 0.3 is 6.09 Å². The van der Waals surface area contributed by atoms with Gasteiger partial charge in [0.1, 0.15) is 0 Å². The predicted octanol–water partition coefficient (Wildman–Crippen LogP) is 0.121. The number of ether oxygens (including phenoxy) is 1. The number of anilines is 1. The second-order valence-corrected chi connectivity index (χ2v) is 1.83. The normalized spacial score (nSPS) is 9.09. The van der Waals surface area contributed by atoms with Crippen LogP contribution in [0, 0.1) is 0 Å². The molecule has 0 aliphatic carbocycles. The summed E-state index contributed by atoms with van der Waals surface area (Å²) in [4.78, 5) is 13.9. The summed E-state index contributed by atoms with van der Waals surface area (Å²) in [6.45, 7) is 0. The highest BCUT2D eigenvalue weighted by Gasteiger charge is 2.01. The summed E-state index contributed by atoms with van der Waals surface area (Å²) < 4.78 is 4.50. The number of hydrogen-bond donors (Lipinski definition) is 2. The first-order valence-corrected chi connectivity index (χ1v) is 2.87. The first-order chi connectivity index (χ1) is 5.20. The lowest BCUT2D eigenvalue weighted by molar-refractivity contribution is 0.211. The predicted molar refractivity (Wildman–Crippen MR) is 38.9 cm³/mol. The van der Waals surface area contributed by atoms with Gasteiger partial charge in [0.25, 0.3) is 0 Å². The molecule has 1 heterocycles. The smallest absolute Gasteiger partial charge is 0.407 e. The molecule has 0 fully saturated rings. The Hall–Kier alpha value is -1.78. The van der Waals surface area contributed by atoms with Crippen molar-refractivity contribution in [2.75, 3.05) is 5.73 Å². The summed E-state index contributed by atoms with van der Waals surface area (Å²) >= 11 is 0. The number of pyridine rings is 1. The zero-order valence-electron chi connectivity index (χ0n) is 5.65. The van der Waals surface area contributed by atoms with Crippen molar-refractivity contribution in [2.45, 2.75) is 0 Å². The van der Waals surface area contributed by atoms with Gasteiger partial charge in [-0.1, -0.05) is 0 Å². The molecule has 0 atom stereocenters. The Balaban J connectivity index is 2.86. The fourth-order valence-electron chi connectivity index (χ4n) is 0.584. The molecule has 0 aliphatic rings. The molecule has 0 aliphatic heterocycles. The molecule has 5 nitrogen and oxygen atoms in total. The summed E-state index contributed by atoms with van der Waals surface area (Å²) in [6, 6.07) is 1.51. The van der Waals surface area contributed by atoms with Crippen LogP contribution in [-0.2, 0) is 0 Å². The standard InChI is InChI=1S/C6H7N3O2/c7-4-1-2-9-3-5(4)11-6(8)10/h1-3H,(H2,7,9)(H2,8,10). The summed E-state index contributed by atoms with van der Waals surface area (Å²) in [7, 11) is 0. The number of carbonyl (C=O) groups excluding carboxylic acids is 1. The van der Waals surface area contributed by atoms with Crippen molar-refractivity contribution >= 4 is 11.8 Å². The number of amides is 1. The maximum atomic E-state index is 10.2. The number of hydrogen-bond acceptors (Lipinski definition) is 4. The second kappa shape index (κ2) is 2.87. The molecule has 11 heavy (non-hydrogen) atoms. The minimum Gasteiger partial charge on any atom is -0.407 e. The summed E-state index contributed by atoms with van der Waals surface area (Å²) in [5, 5.41) is 0. The Morgan fingerprint density at radius 3 is 2.91 bits per heavy atom. The topological polar surface area (TPSA) is 91.2 Å². The molecule has 0 bridgehead atoms. The van der Waals surface area contributed by atoms with Gasteiger partial charge in [-0.15, -0.1) is 0 Å². The average Bonchev–Trinajstić information content (AvgIpc) is 1.93. The van der Waals surface area contributed by atoms with E-state index in [-0.39, 0.29) is 5.75 Å². The average molecular weight is 153 g/mol. The Morgan fingerprint density at radius 2 is 2.36 bits per heavy atom. The van der Waals surface area contributed by atoms with Crippen LogP contribution >= 0.6 is 0 Å². The van der Waals surface area contributed by atoms with Crippen molar-refractivity contribution in [1.82, 2.24) is 4.98 Å². The Bertz CT molecular complexity index is 274. The van der Waals surface area contributed by atoms with Crippen molar-refractivity contribution in [3.8, 4) is 5.75 Å². The number of nitrogen functional groups attached to an aromatic ring is 1. The third-order valence-electron chi connectivity index (χ3n) is 1.03. The highest BCUT2D eigenvalue weighted by molar-refractivity contribution is 5.70. The van der Waals surface area contributed by atoms with Gasteiger partial charge in [-0.2, -0.15) is 0 Å². The zero-order chi connectivity index (χ0) is 8.27. The van der Waals surface area contributed by atoms with Crippen LogP contribution in [0.3, 0.4) is 0 Å². The third-order valence-corrected chi connectivity index (χ3v) is 1.03. The van der Waals surface area contributed by atoms with Gasteiger partial charge in [-0.05, 0) is 6.07 Å². The van der Waals surface area contributed by atoms with E-state index in [9.17, 15) is 4.79 Å². The molecule has 1 rings (SSSR count). The number of rotatable bonds is 1. The number of carbonyl (C=O) groups is 1. The third kappa shape index (κ3) is 1.82. The monoisotopic (exact) mass is 153 g/mol. The molecule has 0 unspecified atom stereocenters. The van der Waals surface area contributed by atoms with Gasteiger partial charge < -0.3 is 16.2 Å². The van der Waals surface area contributed by atoms with Gasteiger partial charge in [0.15, 0.2) is 5.75 Å². The van der Waals surface area contributed by atoms with E-state index in [0.717, 1.165) is 0 Å². The lowest BCUT2D eigenvalue weighted by Crippen LogP contribution is -2.17. The van der Waals surface area contributed by atoms with Crippen LogP contribution < -0.4 is 16.2 Å². The van der Waals surface area contributed by atoms with Crippen molar-refractivity contribution < 1.29 is 9.53 Å². The lowest BCUT2D eigenvalue weighted by atomic mass is 10.4. The van der Waals surface area contributed by atoms with Crippen molar-refractivity contribution in [1.29, 1.82) is 0 Å². The van der Waals surface area contributed by atoms with E-state index in [2.05, 4.69) is 9.72 Å². The molecule has 0 saturated heterocycles. The summed E-state index contributed by atoms with van der Waals surface area (Å²) in [5.74, 6) is 0.181. The molecule has 1 amide bonds. The number of primary amides is 1. The van der Waals surface area contributed by atoms with Crippen LogP contribution in [0.1, 0.15) is 0 Å². The first kappa shape index (κ1) is 7.33. The van der Waals surface area contributed by atoms with E-state index in [4.69, 9.17) is 11.5 Å². The Kier molecular flexibility index (Phi) is 1.91. The number of nitrogens with two attached hydrogens (primary N) is 2. The highest BCUT2D eigenvalue weighted by Crippen LogP contribution is 2.17. The van der Waals surface area contributed by atoms with Crippen LogP contribution in [0.4, 0.5) is 10.5 Å². The molecule has 0 radical (unpaired) electrons. The molecule has 1 aromatic rings.